The number of amides is 2. The van der Waals surface area contributed by atoms with E-state index in [1.165, 1.54) is 30.5 Å². The van der Waals surface area contributed by atoms with Gasteiger partial charge in [0.2, 0.25) is 0 Å². The summed E-state index contributed by atoms with van der Waals surface area (Å²) in [5.74, 6) is -0.113. The predicted octanol–water partition coefficient (Wildman–Crippen LogP) is 2.94. The number of carbonyl (C=O) groups is 2. The topological polar surface area (TPSA) is 78.4 Å². The first-order valence-electron chi connectivity index (χ1n) is 7.13. The van der Waals surface area contributed by atoms with Gasteiger partial charge >= 0.3 is 0 Å². The molecule has 22 heavy (non-hydrogen) atoms. The Balaban J connectivity index is 1.66. The lowest BCUT2D eigenvalue weighted by atomic mass is 10.1. The van der Waals surface area contributed by atoms with Crippen molar-refractivity contribution in [1.29, 1.82) is 0 Å². The second-order valence-electron chi connectivity index (χ2n) is 5.37. The molecule has 1 fully saturated rings. The van der Waals surface area contributed by atoms with Gasteiger partial charge in [0, 0.05) is 16.8 Å². The van der Waals surface area contributed by atoms with Crippen LogP contribution in [-0.4, -0.2) is 17.0 Å². The smallest absolute Gasteiger partial charge is 0.274 e. The Morgan fingerprint density at radius 3 is 1.95 bits per heavy atom. The van der Waals surface area contributed by atoms with Gasteiger partial charge in [0.1, 0.15) is 0 Å². The monoisotopic (exact) mass is 296 g/mol. The number of rotatable bonds is 4. The van der Waals surface area contributed by atoms with E-state index in [1.54, 1.807) is 17.6 Å². The first-order chi connectivity index (χ1) is 10.7. The summed E-state index contributed by atoms with van der Waals surface area (Å²) in [6.07, 6.45) is 2.47. The normalized spacial score (nSPS) is 13.5. The van der Waals surface area contributed by atoms with Crippen molar-refractivity contribution in [2.45, 2.75) is 18.8 Å². The molecule has 2 amide bonds. The SMILES string of the molecule is O=C(NO)c1ccc(NC(=O)c2ccc(C3CC3)cc2)cc1. The standard InChI is InChI=1S/C17H16N2O3/c20-16(13-5-3-12(4-6-13)11-1-2-11)18-15-9-7-14(8-10-15)17(21)19-22/h3-11,22H,1-2H2,(H,18,20)(H,19,21). The van der Waals surface area contributed by atoms with Gasteiger partial charge in [-0.25, -0.2) is 5.48 Å². The summed E-state index contributed by atoms with van der Waals surface area (Å²) in [7, 11) is 0. The van der Waals surface area contributed by atoms with Gasteiger partial charge in [-0.15, -0.1) is 0 Å². The molecule has 2 aromatic rings. The van der Waals surface area contributed by atoms with Crippen molar-refractivity contribution in [3.8, 4) is 0 Å². The van der Waals surface area contributed by atoms with E-state index in [0.29, 0.717) is 22.7 Å². The molecule has 0 atom stereocenters. The summed E-state index contributed by atoms with van der Waals surface area (Å²) < 4.78 is 0. The van der Waals surface area contributed by atoms with Crippen molar-refractivity contribution in [2.75, 3.05) is 5.32 Å². The number of anilines is 1. The van der Waals surface area contributed by atoms with Gasteiger partial charge in [-0.3, -0.25) is 14.8 Å². The minimum absolute atomic E-state index is 0.193. The molecule has 0 heterocycles. The Kier molecular flexibility index (Phi) is 3.89. The summed E-state index contributed by atoms with van der Waals surface area (Å²) in [6, 6.07) is 13.9. The largest absolute Gasteiger partial charge is 0.322 e. The van der Waals surface area contributed by atoms with Crippen LogP contribution < -0.4 is 10.8 Å². The third-order valence-corrected chi connectivity index (χ3v) is 3.73. The van der Waals surface area contributed by atoms with E-state index < -0.39 is 5.91 Å². The van der Waals surface area contributed by atoms with Gasteiger partial charge < -0.3 is 5.32 Å². The molecule has 2 aromatic carbocycles. The third kappa shape index (κ3) is 3.15. The van der Waals surface area contributed by atoms with Crippen molar-refractivity contribution in [1.82, 2.24) is 5.48 Å². The van der Waals surface area contributed by atoms with Gasteiger partial charge in [-0.2, -0.15) is 0 Å². The van der Waals surface area contributed by atoms with Crippen LogP contribution in [0.5, 0.6) is 0 Å². The third-order valence-electron chi connectivity index (χ3n) is 3.73. The number of hydrogen-bond acceptors (Lipinski definition) is 3. The number of hydroxylamine groups is 1. The average Bonchev–Trinajstić information content (AvgIpc) is 3.40. The fourth-order valence-electron chi connectivity index (χ4n) is 2.30. The molecule has 5 heteroatoms. The fraction of sp³-hybridized carbons (Fsp3) is 0.176. The second-order valence-corrected chi connectivity index (χ2v) is 5.37. The highest BCUT2D eigenvalue weighted by molar-refractivity contribution is 6.04. The van der Waals surface area contributed by atoms with Crippen LogP contribution in [0.3, 0.4) is 0 Å². The highest BCUT2D eigenvalue weighted by atomic mass is 16.5. The highest BCUT2D eigenvalue weighted by Crippen LogP contribution is 2.39. The number of hydrogen-bond donors (Lipinski definition) is 3. The zero-order valence-corrected chi connectivity index (χ0v) is 11.9. The number of nitrogens with one attached hydrogen (secondary N) is 2. The molecule has 1 aliphatic rings. The zero-order chi connectivity index (χ0) is 15.5. The van der Waals surface area contributed by atoms with E-state index in [-0.39, 0.29) is 5.91 Å². The second kappa shape index (κ2) is 5.99. The first kappa shape index (κ1) is 14.3. The fourth-order valence-corrected chi connectivity index (χ4v) is 2.30. The van der Waals surface area contributed by atoms with Crippen molar-refractivity contribution < 1.29 is 14.8 Å². The Morgan fingerprint density at radius 2 is 1.41 bits per heavy atom. The summed E-state index contributed by atoms with van der Waals surface area (Å²) in [5.41, 5.74) is 4.35. The van der Waals surface area contributed by atoms with Crippen molar-refractivity contribution in [2.24, 2.45) is 0 Å². The van der Waals surface area contributed by atoms with E-state index in [1.807, 2.05) is 24.3 Å². The maximum Gasteiger partial charge on any atom is 0.274 e. The molecule has 5 nitrogen and oxygen atoms in total. The van der Waals surface area contributed by atoms with E-state index in [0.717, 1.165) is 0 Å². The molecule has 1 saturated carbocycles. The van der Waals surface area contributed by atoms with Gasteiger partial charge in [0.15, 0.2) is 0 Å². The molecule has 0 aromatic heterocycles. The van der Waals surface area contributed by atoms with E-state index in [9.17, 15) is 9.59 Å². The van der Waals surface area contributed by atoms with Crippen LogP contribution in [0.4, 0.5) is 5.69 Å². The first-order valence-corrected chi connectivity index (χ1v) is 7.13. The molecule has 1 aliphatic carbocycles. The Morgan fingerprint density at radius 1 is 0.864 bits per heavy atom. The van der Waals surface area contributed by atoms with Crippen LogP contribution in [0.2, 0.25) is 0 Å². The van der Waals surface area contributed by atoms with E-state index in [4.69, 9.17) is 5.21 Å². The quantitative estimate of drug-likeness (QED) is 0.599. The molecule has 0 aliphatic heterocycles. The molecule has 0 spiro atoms. The van der Waals surface area contributed by atoms with Gasteiger partial charge in [-0.05, 0) is 60.7 Å². The molecule has 3 N–H and O–H groups in total. The lowest BCUT2D eigenvalue weighted by molar-refractivity contribution is 0.0706. The molecule has 112 valence electrons. The lowest BCUT2D eigenvalue weighted by Gasteiger charge is -2.07. The molecular weight excluding hydrogens is 280 g/mol. The van der Waals surface area contributed by atoms with Crippen LogP contribution >= 0.6 is 0 Å². The summed E-state index contributed by atoms with van der Waals surface area (Å²) >= 11 is 0. The molecule has 0 unspecified atom stereocenters. The molecule has 0 radical (unpaired) electrons. The van der Waals surface area contributed by atoms with Crippen LogP contribution in [0, 0.1) is 0 Å². The van der Waals surface area contributed by atoms with E-state index in [2.05, 4.69) is 5.32 Å². The highest BCUT2D eigenvalue weighted by Gasteiger charge is 2.23. The van der Waals surface area contributed by atoms with Crippen molar-refractivity contribution in [3.63, 3.8) is 0 Å². The van der Waals surface area contributed by atoms with Crippen LogP contribution in [0.25, 0.3) is 0 Å². The lowest BCUT2D eigenvalue weighted by Crippen LogP contribution is -2.18. The van der Waals surface area contributed by atoms with Gasteiger partial charge in [0.05, 0.1) is 0 Å². The van der Waals surface area contributed by atoms with Gasteiger partial charge in [0.25, 0.3) is 11.8 Å². The van der Waals surface area contributed by atoms with Gasteiger partial charge in [-0.1, -0.05) is 12.1 Å². The summed E-state index contributed by atoms with van der Waals surface area (Å²) in [5, 5.41) is 11.3. The minimum Gasteiger partial charge on any atom is -0.322 e. The van der Waals surface area contributed by atoms with E-state index >= 15 is 0 Å². The Hall–Kier alpha value is -2.66. The summed E-state index contributed by atoms with van der Waals surface area (Å²) in [6.45, 7) is 0. The zero-order valence-electron chi connectivity index (χ0n) is 11.9. The Labute approximate surface area is 127 Å². The summed E-state index contributed by atoms with van der Waals surface area (Å²) in [4.78, 5) is 23.4. The number of benzene rings is 2. The molecule has 0 saturated heterocycles. The minimum atomic E-state index is -0.589. The van der Waals surface area contributed by atoms with Crippen LogP contribution in [0.15, 0.2) is 48.5 Å². The maximum absolute atomic E-state index is 12.2. The molecular formula is C17H16N2O3. The Bertz CT molecular complexity index is 689. The van der Waals surface area contributed by atoms with Crippen molar-refractivity contribution in [3.05, 3.63) is 65.2 Å². The average molecular weight is 296 g/mol. The number of carbonyl (C=O) groups excluding carboxylic acids is 2. The van der Waals surface area contributed by atoms with Crippen molar-refractivity contribution >= 4 is 17.5 Å². The van der Waals surface area contributed by atoms with Crippen LogP contribution in [0.1, 0.15) is 45.0 Å². The molecule has 3 rings (SSSR count). The maximum atomic E-state index is 12.2. The molecule has 0 bridgehead atoms. The predicted molar refractivity (Wildman–Crippen MR) is 82.1 cm³/mol. The van der Waals surface area contributed by atoms with Crippen LogP contribution in [-0.2, 0) is 0 Å².